The van der Waals surface area contributed by atoms with Gasteiger partial charge in [0.05, 0.1) is 6.61 Å². The highest BCUT2D eigenvalue weighted by Crippen LogP contribution is 2.21. The van der Waals surface area contributed by atoms with E-state index in [9.17, 15) is 0 Å². The molecule has 0 unspecified atom stereocenters. The largest absolute Gasteiger partial charge is 0.493 e. The van der Waals surface area contributed by atoms with Crippen LogP contribution in [-0.4, -0.2) is 19.2 Å². The first kappa shape index (κ1) is 16.3. The summed E-state index contributed by atoms with van der Waals surface area (Å²) in [6.45, 7) is 8.30. The van der Waals surface area contributed by atoms with E-state index in [4.69, 9.17) is 16.3 Å². The minimum absolute atomic E-state index is 0.594. The van der Waals surface area contributed by atoms with Crippen LogP contribution < -0.4 is 10.1 Å². The van der Waals surface area contributed by atoms with E-state index in [-0.39, 0.29) is 0 Å². The molecule has 1 aromatic rings. The second-order valence-electron chi connectivity index (χ2n) is 5.28. The summed E-state index contributed by atoms with van der Waals surface area (Å²) in [5.41, 5.74) is 1.11. The lowest BCUT2D eigenvalue weighted by atomic mass is 10.2. The van der Waals surface area contributed by atoms with E-state index in [1.807, 2.05) is 25.1 Å². The molecular weight excluding hydrogens is 258 g/mol. The van der Waals surface area contributed by atoms with Crippen LogP contribution in [0.25, 0.3) is 0 Å². The lowest BCUT2D eigenvalue weighted by molar-refractivity contribution is 0.302. The van der Waals surface area contributed by atoms with Crippen molar-refractivity contribution in [1.82, 2.24) is 5.32 Å². The molecule has 19 heavy (non-hydrogen) atoms. The molecular formula is C16H26ClNO. The van der Waals surface area contributed by atoms with Crippen molar-refractivity contribution in [1.29, 1.82) is 0 Å². The molecule has 108 valence electrons. The van der Waals surface area contributed by atoms with Gasteiger partial charge < -0.3 is 10.1 Å². The van der Waals surface area contributed by atoms with E-state index < -0.39 is 0 Å². The Hall–Kier alpha value is -0.730. The summed E-state index contributed by atoms with van der Waals surface area (Å²) in [6, 6.07) is 6.36. The maximum Gasteiger partial charge on any atom is 0.122 e. The lowest BCUT2D eigenvalue weighted by Gasteiger charge is -2.10. The molecule has 0 aliphatic heterocycles. The zero-order valence-corrected chi connectivity index (χ0v) is 13.1. The highest BCUT2D eigenvalue weighted by molar-refractivity contribution is 6.30. The predicted molar refractivity (Wildman–Crippen MR) is 83.3 cm³/mol. The molecule has 0 aromatic heterocycles. The molecule has 0 radical (unpaired) electrons. The molecule has 1 aromatic carbocycles. The summed E-state index contributed by atoms with van der Waals surface area (Å²) < 4.78 is 5.76. The van der Waals surface area contributed by atoms with Gasteiger partial charge in [0, 0.05) is 11.1 Å². The zero-order valence-electron chi connectivity index (χ0n) is 12.3. The normalized spacial score (nSPS) is 11.0. The Labute approximate surface area is 122 Å². The van der Waals surface area contributed by atoms with Gasteiger partial charge >= 0.3 is 0 Å². The van der Waals surface area contributed by atoms with Gasteiger partial charge in [0.2, 0.25) is 0 Å². The summed E-state index contributed by atoms with van der Waals surface area (Å²) >= 11 is 5.91. The standard InChI is InChI=1S/C16H26ClNO/c1-13(2)18-10-6-4-5-7-11-19-16-9-8-15(17)12-14(16)3/h8-9,12-13,18H,4-7,10-11H2,1-3H3. The molecule has 0 saturated heterocycles. The van der Waals surface area contributed by atoms with Gasteiger partial charge in [-0.25, -0.2) is 0 Å². The molecule has 3 heteroatoms. The fourth-order valence-corrected chi connectivity index (χ4v) is 2.15. The van der Waals surface area contributed by atoms with E-state index in [0.717, 1.165) is 35.9 Å². The Balaban J connectivity index is 2.04. The van der Waals surface area contributed by atoms with Crippen molar-refractivity contribution < 1.29 is 4.74 Å². The molecule has 1 N–H and O–H groups in total. The number of ether oxygens (including phenoxy) is 1. The summed E-state index contributed by atoms with van der Waals surface area (Å²) in [5, 5.41) is 4.20. The van der Waals surface area contributed by atoms with Gasteiger partial charge in [-0.15, -0.1) is 0 Å². The zero-order chi connectivity index (χ0) is 14.1. The lowest BCUT2D eigenvalue weighted by Crippen LogP contribution is -2.23. The maximum absolute atomic E-state index is 5.91. The van der Waals surface area contributed by atoms with E-state index in [1.54, 1.807) is 0 Å². The predicted octanol–water partition coefficient (Wildman–Crippen LogP) is 4.59. The van der Waals surface area contributed by atoms with Crippen molar-refractivity contribution in [2.75, 3.05) is 13.2 Å². The number of nitrogens with one attached hydrogen (secondary N) is 1. The van der Waals surface area contributed by atoms with Gasteiger partial charge in [-0.05, 0) is 50.1 Å². The Morgan fingerprint density at radius 1 is 1.16 bits per heavy atom. The highest BCUT2D eigenvalue weighted by atomic mass is 35.5. The molecule has 0 aliphatic rings. The number of aryl methyl sites for hydroxylation is 1. The molecule has 2 nitrogen and oxygen atoms in total. The highest BCUT2D eigenvalue weighted by Gasteiger charge is 2.00. The first-order valence-corrected chi connectivity index (χ1v) is 7.59. The van der Waals surface area contributed by atoms with Crippen LogP contribution in [0.5, 0.6) is 5.75 Å². The van der Waals surface area contributed by atoms with Crippen LogP contribution in [0, 0.1) is 6.92 Å². The number of hydrogen-bond acceptors (Lipinski definition) is 2. The molecule has 0 saturated carbocycles. The van der Waals surface area contributed by atoms with Crippen LogP contribution in [0.2, 0.25) is 5.02 Å². The van der Waals surface area contributed by atoms with Crippen molar-refractivity contribution in [3.63, 3.8) is 0 Å². The van der Waals surface area contributed by atoms with Crippen LogP contribution in [0.1, 0.15) is 45.1 Å². The molecule has 0 aliphatic carbocycles. The Morgan fingerprint density at radius 2 is 1.89 bits per heavy atom. The molecule has 0 atom stereocenters. The minimum Gasteiger partial charge on any atom is -0.493 e. The van der Waals surface area contributed by atoms with Crippen LogP contribution >= 0.6 is 11.6 Å². The van der Waals surface area contributed by atoms with Crippen LogP contribution in [-0.2, 0) is 0 Å². The Bertz CT molecular complexity index is 366. The van der Waals surface area contributed by atoms with Crippen molar-refractivity contribution in [2.24, 2.45) is 0 Å². The number of benzene rings is 1. The van der Waals surface area contributed by atoms with E-state index in [2.05, 4.69) is 19.2 Å². The molecule has 0 amide bonds. The average Bonchev–Trinajstić information content (AvgIpc) is 2.34. The third-order valence-corrected chi connectivity index (χ3v) is 3.25. The quantitative estimate of drug-likeness (QED) is 0.670. The monoisotopic (exact) mass is 283 g/mol. The van der Waals surface area contributed by atoms with Crippen LogP contribution in [0.15, 0.2) is 18.2 Å². The fourth-order valence-electron chi connectivity index (χ4n) is 1.93. The van der Waals surface area contributed by atoms with Gasteiger partial charge in [-0.3, -0.25) is 0 Å². The number of rotatable bonds is 9. The van der Waals surface area contributed by atoms with E-state index >= 15 is 0 Å². The van der Waals surface area contributed by atoms with Crippen molar-refractivity contribution >= 4 is 11.6 Å². The molecule has 0 bridgehead atoms. The first-order chi connectivity index (χ1) is 9.09. The molecule has 0 spiro atoms. The van der Waals surface area contributed by atoms with E-state index in [0.29, 0.717) is 6.04 Å². The average molecular weight is 284 g/mol. The SMILES string of the molecule is Cc1cc(Cl)ccc1OCCCCCCNC(C)C. The van der Waals surface area contributed by atoms with Crippen molar-refractivity contribution in [3.8, 4) is 5.75 Å². The van der Waals surface area contributed by atoms with E-state index in [1.165, 1.54) is 19.3 Å². The third kappa shape index (κ3) is 7.44. The van der Waals surface area contributed by atoms with Gasteiger partial charge in [0.1, 0.15) is 5.75 Å². The number of halogens is 1. The second-order valence-corrected chi connectivity index (χ2v) is 5.72. The molecule has 0 heterocycles. The van der Waals surface area contributed by atoms with Gasteiger partial charge in [0.25, 0.3) is 0 Å². The topological polar surface area (TPSA) is 21.3 Å². The summed E-state index contributed by atoms with van der Waals surface area (Å²) in [7, 11) is 0. The fraction of sp³-hybridized carbons (Fsp3) is 0.625. The molecule has 0 fully saturated rings. The molecule has 1 rings (SSSR count). The summed E-state index contributed by atoms with van der Waals surface area (Å²) in [5.74, 6) is 0.950. The van der Waals surface area contributed by atoms with Crippen molar-refractivity contribution in [2.45, 2.75) is 52.5 Å². The van der Waals surface area contributed by atoms with Crippen LogP contribution in [0.4, 0.5) is 0 Å². The maximum atomic E-state index is 5.91. The summed E-state index contributed by atoms with van der Waals surface area (Å²) in [6.07, 6.45) is 4.86. The minimum atomic E-state index is 0.594. The van der Waals surface area contributed by atoms with Crippen LogP contribution in [0.3, 0.4) is 0 Å². The number of hydrogen-bond donors (Lipinski definition) is 1. The van der Waals surface area contributed by atoms with Gasteiger partial charge in [-0.1, -0.05) is 38.3 Å². The smallest absolute Gasteiger partial charge is 0.122 e. The second kappa shape index (κ2) is 9.22. The van der Waals surface area contributed by atoms with Crippen molar-refractivity contribution in [3.05, 3.63) is 28.8 Å². The Kier molecular flexibility index (Phi) is 7.92. The Morgan fingerprint density at radius 3 is 2.58 bits per heavy atom. The van der Waals surface area contributed by atoms with Gasteiger partial charge in [-0.2, -0.15) is 0 Å². The number of unbranched alkanes of at least 4 members (excludes halogenated alkanes) is 3. The third-order valence-electron chi connectivity index (χ3n) is 3.02. The summed E-state index contributed by atoms with van der Waals surface area (Å²) in [4.78, 5) is 0. The van der Waals surface area contributed by atoms with Gasteiger partial charge in [0.15, 0.2) is 0 Å². The first-order valence-electron chi connectivity index (χ1n) is 7.22.